The first-order valence-electron chi connectivity index (χ1n) is 9.57. The molecule has 0 bridgehead atoms. The van der Waals surface area contributed by atoms with Gasteiger partial charge >= 0.3 is 5.97 Å². The molecule has 1 aliphatic rings. The monoisotopic (exact) mass is 383 g/mol. The first kappa shape index (κ1) is 19.7. The SMILES string of the molecule is CCOc1ccccc1/C=C/C(=O)OCC(=O)Nc1ccnn1C1CCCC1. The quantitative estimate of drug-likeness (QED) is 0.556. The molecule has 0 aliphatic heterocycles. The summed E-state index contributed by atoms with van der Waals surface area (Å²) in [5.74, 6) is 0.336. The first-order valence-corrected chi connectivity index (χ1v) is 9.57. The second-order valence-electron chi connectivity index (χ2n) is 6.56. The van der Waals surface area contributed by atoms with Gasteiger partial charge in [-0.3, -0.25) is 4.79 Å². The molecule has 0 unspecified atom stereocenters. The van der Waals surface area contributed by atoms with Gasteiger partial charge in [-0.1, -0.05) is 31.0 Å². The van der Waals surface area contributed by atoms with Crippen molar-refractivity contribution in [1.82, 2.24) is 9.78 Å². The lowest BCUT2D eigenvalue weighted by atomic mass is 10.2. The van der Waals surface area contributed by atoms with Gasteiger partial charge in [0.05, 0.1) is 18.8 Å². The summed E-state index contributed by atoms with van der Waals surface area (Å²) in [5, 5.41) is 7.07. The molecule has 1 amide bonds. The lowest BCUT2D eigenvalue weighted by molar-refractivity contribution is -0.142. The van der Waals surface area contributed by atoms with Gasteiger partial charge in [0, 0.05) is 17.7 Å². The Balaban J connectivity index is 1.50. The Bertz CT molecular complexity index is 838. The van der Waals surface area contributed by atoms with Crippen LogP contribution in [0.3, 0.4) is 0 Å². The van der Waals surface area contributed by atoms with Gasteiger partial charge in [0.2, 0.25) is 0 Å². The number of rotatable bonds is 8. The Hall–Kier alpha value is -3.09. The predicted octanol–water partition coefficient (Wildman–Crippen LogP) is 3.59. The van der Waals surface area contributed by atoms with Crippen molar-refractivity contribution in [3.8, 4) is 5.75 Å². The van der Waals surface area contributed by atoms with Crippen LogP contribution in [0.25, 0.3) is 6.08 Å². The lowest BCUT2D eigenvalue weighted by Crippen LogP contribution is -2.22. The van der Waals surface area contributed by atoms with E-state index in [0.717, 1.165) is 18.4 Å². The van der Waals surface area contributed by atoms with E-state index in [-0.39, 0.29) is 6.61 Å². The fourth-order valence-electron chi connectivity index (χ4n) is 3.28. The van der Waals surface area contributed by atoms with Gasteiger partial charge < -0.3 is 14.8 Å². The highest BCUT2D eigenvalue weighted by molar-refractivity contribution is 5.94. The van der Waals surface area contributed by atoms with Crippen LogP contribution in [0.5, 0.6) is 5.75 Å². The standard InChI is InChI=1S/C21H25N3O4/c1-2-27-18-10-6-3-7-16(18)11-12-21(26)28-15-20(25)23-19-13-14-22-24(19)17-8-4-5-9-17/h3,6-7,10-14,17H,2,4-5,8-9,15H2,1H3,(H,23,25)/b12-11+. The maximum atomic E-state index is 12.1. The second-order valence-corrected chi connectivity index (χ2v) is 6.56. The molecule has 148 valence electrons. The number of nitrogens with one attached hydrogen (secondary N) is 1. The highest BCUT2D eigenvalue weighted by Gasteiger charge is 2.20. The summed E-state index contributed by atoms with van der Waals surface area (Å²) in [7, 11) is 0. The smallest absolute Gasteiger partial charge is 0.331 e. The number of benzene rings is 1. The molecule has 0 radical (unpaired) electrons. The molecule has 3 rings (SSSR count). The van der Waals surface area contributed by atoms with Crippen LogP contribution in [0.1, 0.15) is 44.2 Å². The maximum Gasteiger partial charge on any atom is 0.331 e. The number of carbonyl (C=O) groups is 2. The molecule has 1 fully saturated rings. The lowest BCUT2D eigenvalue weighted by Gasteiger charge is -2.14. The van der Waals surface area contributed by atoms with Crippen LogP contribution in [0.4, 0.5) is 5.82 Å². The number of esters is 1. The molecule has 1 heterocycles. The van der Waals surface area contributed by atoms with Crippen LogP contribution in [0.15, 0.2) is 42.6 Å². The van der Waals surface area contributed by atoms with E-state index < -0.39 is 11.9 Å². The molecular weight excluding hydrogens is 358 g/mol. The van der Waals surface area contributed by atoms with Crippen LogP contribution in [-0.4, -0.2) is 34.9 Å². The number of ether oxygens (including phenoxy) is 2. The first-order chi connectivity index (χ1) is 13.7. The van der Waals surface area contributed by atoms with Gasteiger partial charge in [-0.25, -0.2) is 9.48 Å². The van der Waals surface area contributed by atoms with Crippen LogP contribution in [-0.2, 0) is 14.3 Å². The number of para-hydroxylation sites is 1. The van der Waals surface area contributed by atoms with E-state index in [0.29, 0.717) is 24.2 Å². The van der Waals surface area contributed by atoms with E-state index in [1.807, 2.05) is 35.9 Å². The number of anilines is 1. The molecule has 0 atom stereocenters. The summed E-state index contributed by atoms with van der Waals surface area (Å²) in [6.07, 6.45) is 9.04. The van der Waals surface area contributed by atoms with Gasteiger partial charge in [-0.15, -0.1) is 0 Å². The van der Waals surface area contributed by atoms with Crippen LogP contribution < -0.4 is 10.1 Å². The molecule has 2 aromatic rings. The number of amides is 1. The number of nitrogens with zero attached hydrogens (tertiary/aromatic N) is 2. The van der Waals surface area contributed by atoms with Gasteiger partial charge in [-0.05, 0) is 31.9 Å². The largest absolute Gasteiger partial charge is 0.493 e. The molecule has 0 spiro atoms. The molecule has 7 nitrogen and oxygen atoms in total. The Labute approximate surface area is 164 Å². The highest BCUT2D eigenvalue weighted by Crippen LogP contribution is 2.31. The summed E-state index contributed by atoms with van der Waals surface area (Å²) in [5.41, 5.74) is 0.770. The van der Waals surface area contributed by atoms with Gasteiger partial charge in [0.25, 0.3) is 5.91 Å². The van der Waals surface area contributed by atoms with Crippen molar-refractivity contribution >= 4 is 23.8 Å². The van der Waals surface area contributed by atoms with E-state index in [4.69, 9.17) is 9.47 Å². The Morgan fingerprint density at radius 3 is 2.82 bits per heavy atom. The zero-order valence-electron chi connectivity index (χ0n) is 16.0. The molecule has 1 aliphatic carbocycles. The average molecular weight is 383 g/mol. The summed E-state index contributed by atoms with van der Waals surface area (Å²) in [4.78, 5) is 24.0. The molecule has 1 N–H and O–H groups in total. The Kier molecular flexibility index (Phi) is 6.84. The molecule has 28 heavy (non-hydrogen) atoms. The van der Waals surface area contributed by atoms with Crippen LogP contribution in [0.2, 0.25) is 0 Å². The minimum atomic E-state index is -0.592. The van der Waals surface area contributed by atoms with Gasteiger partial charge in [0.15, 0.2) is 6.61 Å². The van der Waals surface area contributed by atoms with Crippen molar-refractivity contribution < 1.29 is 19.1 Å². The minimum absolute atomic E-state index is 0.321. The van der Waals surface area contributed by atoms with Crippen molar-refractivity contribution in [2.45, 2.75) is 38.6 Å². The Morgan fingerprint density at radius 2 is 2.04 bits per heavy atom. The summed E-state index contributed by atoms with van der Waals surface area (Å²) in [6.45, 7) is 2.07. The topological polar surface area (TPSA) is 82.4 Å². The van der Waals surface area contributed by atoms with Gasteiger partial charge in [0.1, 0.15) is 11.6 Å². The maximum absolute atomic E-state index is 12.1. The zero-order valence-corrected chi connectivity index (χ0v) is 16.0. The molecular formula is C21H25N3O4. The third-order valence-electron chi connectivity index (χ3n) is 4.57. The summed E-state index contributed by atoms with van der Waals surface area (Å²) < 4.78 is 12.4. The molecule has 1 aromatic heterocycles. The minimum Gasteiger partial charge on any atom is -0.493 e. The summed E-state index contributed by atoms with van der Waals surface area (Å²) >= 11 is 0. The van der Waals surface area contributed by atoms with Crippen molar-refractivity contribution in [2.24, 2.45) is 0 Å². The van der Waals surface area contributed by atoms with Crippen molar-refractivity contribution in [2.75, 3.05) is 18.5 Å². The van der Waals surface area contributed by atoms with Crippen LogP contribution >= 0.6 is 0 Å². The van der Waals surface area contributed by atoms with E-state index >= 15 is 0 Å². The fraction of sp³-hybridized carbons (Fsp3) is 0.381. The van der Waals surface area contributed by atoms with Crippen LogP contribution in [0, 0.1) is 0 Å². The molecule has 0 saturated heterocycles. The van der Waals surface area contributed by atoms with Crippen molar-refractivity contribution in [3.63, 3.8) is 0 Å². The van der Waals surface area contributed by atoms with Crippen molar-refractivity contribution in [1.29, 1.82) is 0 Å². The van der Waals surface area contributed by atoms with E-state index in [9.17, 15) is 9.59 Å². The average Bonchev–Trinajstić information content (AvgIpc) is 3.37. The predicted molar refractivity (Wildman–Crippen MR) is 106 cm³/mol. The Morgan fingerprint density at radius 1 is 1.25 bits per heavy atom. The van der Waals surface area contributed by atoms with Crippen molar-refractivity contribution in [3.05, 3.63) is 48.2 Å². The zero-order chi connectivity index (χ0) is 19.8. The number of aromatic nitrogens is 2. The van der Waals surface area contributed by atoms with Gasteiger partial charge in [-0.2, -0.15) is 5.10 Å². The summed E-state index contributed by atoms with van der Waals surface area (Å²) in [6, 6.07) is 9.46. The van der Waals surface area contributed by atoms with E-state index in [1.165, 1.54) is 18.9 Å². The number of carbonyl (C=O) groups excluding carboxylic acids is 2. The second kappa shape index (κ2) is 9.73. The fourth-order valence-corrected chi connectivity index (χ4v) is 3.28. The molecule has 1 aromatic carbocycles. The van der Waals surface area contributed by atoms with E-state index in [2.05, 4.69) is 10.4 Å². The third kappa shape index (κ3) is 5.22. The number of hydrogen-bond acceptors (Lipinski definition) is 5. The molecule has 7 heteroatoms. The highest BCUT2D eigenvalue weighted by atomic mass is 16.5. The number of hydrogen-bond donors (Lipinski definition) is 1. The van der Waals surface area contributed by atoms with E-state index in [1.54, 1.807) is 18.3 Å². The normalized spacial score (nSPS) is 14.3. The third-order valence-corrected chi connectivity index (χ3v) is 4.57. The molecule has 1 saturated carbocycles.